The van der Waals surface area contributed by atoms with Crippen molar-refractivity contribution in [3.05, 3.63) is 41.2 Å². The third kappa shape index (κ3) is 3.69. The van der Waals surface area contributed by atoms with Crippen molar-refractivity contribution in [2.75, 3.05) is 19.7 Å². The molecule has 0 saturated carbocycles. The summed E-state index contributed by atoms with van der Waals surface area (Å²) in [4.78, 5) is 16.1. The number of hydrogen-bond donors (Lipinski definition) is 2. The number of rotatable bonds is 6. The maximum atomic E-state index is 14.5. The van der Waals surface area contributed by atoms with Crippen molar-refractivity contribution in [2.24, 2.45) is 5.73 Å². The van der Waals surface area contributed by atoms with Gasteiger partial charge < -0.3 is 15.8 Å². The summed E-state index contributed by atoms with van der Waals surface area (Å²) in [5.41, 5.74) is 6.63. The second-order valence-electron chi connectivity index (χ2n) is 5.99. The van der Waals surface area contributed by atoms with E-state index in [-0.39, 0.29) is 17.5 Å². The Balaban J connectivity index is 1.91. The van der Waals surface area contributed by atoms with Crippen molar-refractivity contribution in [2.45, 2.75) is 32.3 Å². The van der Waals surface area contributed by atoms with Gasteiger partial charge in [0.15, 0.2) is 11.5 Å². The average Bonchev–Trinajstić information content (AvgIpc) is 2.97. The second-order valence-corrected chi connectivity index (χ2v) is 5.99. The summed E-state index contributed by atoms with van der Waals surface area (Å²) in [5.74, 6) is -1.50. The van der Waals surface area contributed by atoms with Crippen LogP contribution in [0.25, 0.3) is 5.69 Å². The van der Waals surface area contributed by atoms with Gasteiger partial charge in [0.2, 0.25) is 0 Å². The maximum absolute atomic E-state index is 14.5. The molecule has 0 bridgehead atoms. The summed E-state index contributed by atoms with van der Waals surface area (Å²) in [6.07, 6.45) is 3.59. The molecule has 3 N–H and O–H groups in total. The molecule has 134 valence electrons. The lowest BCUT2D eigenvalue weighted by atomic mass is 10.2. The van der Waals surface area contributed by atoms with Gasteiger partial charge in [-0.15, -0.1) is 0 Å². The number of nitrogens with one attached hydrogen (secondary N) is 1. The van der Waals surface area contributed by atoms with Gasteiger partial charge in [0, 0.05) is 13.1 Å². The van der Waals surface area contributed by atoms with Gasteiger partial charge in [0.1, 0.15) is 6.10 Å². The Bertz CT molecular complexity index is 738. The van der Waals surface area contributed by atoms with Crippen LogP contribution in [0, 0.1) is 5.82 Å². The molecule has 0 aliphatic carbocycles. The number of aryl methyl sites for hydroxylation is 1. The smallest absolute Gasteiger partial charge is 0.270 e. The summed E-state index contributed by atoms with van der Waals surface area (Å²) in [7, 11) is 0. The fourth-order valence-corrected chi connectivity index (χ4v) is 2.82. The number of morpholine rings is 1. The van der Waals surface area contributed by atoms with Crippen LogP contribution >= 0.6 is 0 Å². The van der Waals surface area contributed by atoms with E-state index in [1.807, 2.05) is 6.92 Å². The highest BCUT2D eigenvalue weighted by atomic mass is 19.1. The minimum absolute atomic E-state index is 0.118. The first-order valence-electron chi connectivity index (χ1n) is 8.47. The minimum Gasteiger partial charge on any atom is -0.369 e. The van der Waals surface area contributed by atoms with Crippen LogP contribution in [0.4, 0.5) is 4.39 Å². The molecule has 1 fully saturated rings. The SMILES string of the molecule is CCCCc1nn(-c2ccc([C@@H]3CNCCO3)nc2)c(C(N)=O)c1F. The van der Waals surface area contributed by atoms with E-state index in [1.54, 1.807) is 18.3 Å². The molecule has 1 aliphatic heterocycles. The Hall–Kier alpha value is -2.32. The molecule has 0 spiro atoms. The molecule has 0 radical (unpaired) electrons. The van der Waals surface area contributed by atoms with E-state index in [9.17, 15) is 9.18 Å². The fourth-order valence-electron chi connectivity index (χ4n) is 2.82. The molecule has 0 unspecified atom stereocenters. The van der Waals surface area contributed by atoms with E-state index < -0.39 is 11.7 Å². The van der Waals surface area contributed by atoms with E-state index in [2.05, 4.69) is 15.4 Å². The molecule has 1 aliphatic rings. The first-order chi connectivity index (χ1) is 12.1. The minimum atomic E-state index is -0.850. The number of unbranched alkanes of at least 4 members (excludes halogenated alkanes) is 1. The van der Waals surface area contributed by atoms with Gasteiger partial charge in [-0.2, -0.15) is 5.10 Å². The van der Waals surface area contributed by atoms with Crippen molar-refractivity contribution in [3.8, 4) is 5.69 Å². The van der Waals surface area contributed by atoms with Crippen LogP contribution in [0.2, 0.25) is 0 Å². The number of pyridine rings is 1. The number of amides is 1. The Morgan fingerprint density at radius 3 is 2.96 bits per heavy atom. The first kappa shape index (κ1) is 17.5. The van der Waals surface area contributed by atoms with Crippen LogP contribution in [0.15, 0.2) is 18.3 Å². The summed E-state index contributed by atoms with van der Waals surface area (Å²) in [5, 5.41) is 7.48. The van der Waals surface area contributed by atoms with E-state index in [1.165, 1.54) is 4.68 Å². The standard InChI is InChI=1S/C17H22FN5O2/c1-2-3-4-13-15(18)16(17(19)24)23(22-13)11-5-6-12(21-9-11)14-10-20-7-8-25-14/h5-6,9,14,20H,2-4,7-8,10H2,1H3,(H2,19,24)/t14-/m0/s1. The predicted molar refractivity (Wildman–Crippen MR) is 90.0 cm³/mol. The van der Waals surface area contributed by atoms with Crippen LogP contribution in [-0.4, -0.2) is 40.4 Å². The lowest BCUT2D eigenvalue weighted by molar-refractivity contribution is 0.0250. The molecule has 7 nitrogen and oxygen atoms in total. The molecule has 2 aromatic heterocycles. The third-order valence-corrected chi connectivity index (χ3v) is 4.17. The quantitative estimate of drug-likeness (QED) is 0.826. The van der Waals surface area contributed by atoms with Crippen molar-refractivity contribution in [1.29, 1.82) is 0 Å². The van der Waals surface area contributed by atoms with E-state index in [0.29, 0.717) is 25.3 Å². The second kappa shape index (κ2) is 7.71. The number of nitrogens with two attached hydrogens (primary N) is 1. The average molecular weight is 347 g/mol. The lowest BCUT2D eigenvalue weighted by Gasteiger charge is -2.23. The number of nitrogens with zero attached hydrogens (tertiary/aromatic N) is 3. The molecule has 1 atom stereocenters. The summed E-state index contributed by atoms with van der Waals surface area (Å²) in [6.45, 7) is 4.15. The molecule has 25 heavy (non-hydrogen) atoms. The number of carbonyl (C=O) groups excluding carboxylic acids is 1. The number of carbonyl (C=O) groups is 1. The van der Waals surface area contributed by atoms with E-state index in [0.717, 1.165) is 25.1 Å². The molecule has 3 heterocycles. The Kier molecular flexibility index (Phi) is 5.40. The van der Waals surface area contributed by atoms with Gasteiger partial charge in [0.25, 0.3) is 5.91 Å². The highest BCUT2D eigenvalue weighted by Gasteiger charge is 2.23. The number of primary amides is 1. The monoisotopic (exact) mass is 347 g/mol. The fraction of sp³-hybridized carbons (Fsp3) is 0.471. The van der Waals surface area contributed by atoms with Crippen molar-refractivity contribution >= 4 is 5.91 Å². The third-order valence-electron chi connectivity index (χ3n) is 4.17. The number of halogens is 1. The molecule has 1 amide bonds. The number of aromatic nitrogens is 3. The maximum Gasteiger partial charge on any atom is 0.270 e. The van der Waals surface area contributed by atoms with Crippen LogP contribution in [0.3, 0.4) is 0 Å². The predicted octanol–water partition coefficient (Wildman–Crippen LogP) is 1.51. The molecular formula is C17H22FN5O2. The lowest BCUT2D eigenvalue weighted by Crippen LogP contribution is -2.33. The van der Waals surface area contributed by atoms with Crippen LogP contribution in [0.1, 0.15) is 47.7 Å². The Morgan fingerprint density at radius 1 is 1.52 bits per heavy atom. The molecular weight excluding hydrogens is 325 g/mol. The van der Waals surface area contributed by atoms with E-state index >= 15 is 0 Å². The van der Waals surface area contributed by atoms with Crippen LogP contribution in [-0.2, 0) is 11.2 Å². The number of hydrogen-bond acceptors (Lipinski definition) is 5. The molecule has 3 rings (SSSR count). The topological polar surface area (TPSA) is 95.1 Å². The van der Waals surface area contributed by atoms with Gasteiger partial charge in [-0.3, -0.25) is 9.78 Å². The molecule has 2 aromatic rings. The molecule has 8 heteroatoms. The van der Waals surface area contributed by atoms with Gasteiger partial charge in [-0.1, -0.05) is 13.3 Å². The molecule has 0 aromatic carbocycles. The highest BCUT2D eigenvalue weighted by molar-refractivity contribution is 5.92. The van der Waals surface area contributed by atoms with Gasteiger partial charge in [-0.25, -0.2) is 9.07 Å². The van der Waals surface area contributed by atoms with Crippen molar-refractivity contribution in [3.63, 3.8) is 0 Å². The van der Waals surface area contributed by atoms with Gasteiger partial charge >= 0.3 is 0 Å². The largest absolute Gasteiger partial charge is 0.369 e. The van der Waals surface area contributed by atoms with Gasteiger partial charge in [-0.05, 0) is 25.0 Å². The zero-order valence-electron chi connectivity index (χ0n) is 14.2. The Morgan fingerprint density at radius 2 is 2.36 bits per heavy atom. The Labute approximate surface area is 145 Å². The van der Waals surface area contributed by atoms with Gasteiger partial charge in [0.05, 0.1) is 29.9 Å². The van der Waals surface area contributed by atoms with Crippen molar-refractivity contribution in [1.82, 2.24) is 20.1 Å². The van der Waals surface area contributed by atoms with Crippen LogP contribution < -0.4 is 11.1 Å². The molecule has 1 saturated heterocycles. The summed E-state index contributed by atoms with van der Waals surface area (Å²) < 4.78 is 21.4. The highest BCUT2D eigenvalue weighted by Crippen LogP contribution is 2.21. The summed E-state index contributed by atoms with van der Waals surface area (Å²) in [6, 6.07) is 3.53. The summed E-state index contributed by atoms with van der Waals surface area (Å²) >= 11 is 0. The first-order valence-corrected chi connectivity index (χ1v) is 8.47. The number of ether oxygens (including phenoxy) is 1. The van der Waals surface area contributed by atoms with Crippen molar-refractivity contribution < 1.29 is 13.9 Å². The van der Waals surface area contributed by atoms with Crippen LogP contribution in [0.5, 0.6) is 0 Å². The normalized spacial score (nSPS) is 17.6. The zero-order chi connectivity index (χ0) is 17.8. The zero-order valence-corrected chi connectivity index (χ0v) is 14.2. The van der Waals surface area contributed by atoms with E-state index in [4.69, 9.17) is 10.5 Å².